The molecule has 0 N–H and O–H groups in total. The number of hydrogen-bond acceptors (Lipinski definition) is 3. The largest absolute Gasteiger partial charge is 0.543 e. The molecule has 3 heteroatoms. The molecular formula is C13H23O3-. The van der Waals surface area contributed by atoms with E-state index in [0.29, 0.717) is 17.8 Å². The molecule has 0 aliphatic heterocycles. The van der Waals surface area contributed by atoms with Crippen molar-refractivity contribution in [3.8, 4) is 0 Å². The highest BCUT2D eigenvalue weighted by molar-refractivity contribution is 5.55. The van der Waals surface area contributed by atoms with E-state index in [0.717, 1.165) is 19.3 Å². The summed E-state index contributed by atoms with van der Waals surface area (Å²) in [7, 11) is 0. The lowest BCUT2D eigenvalue weighted by Crippen LogP contribution is -2.50. The van der Waals surface area contributed by atoms with Gasteiger partial charge in [-0.05, 0) is 37.0 Å². The van der Waals surface area contributed by atoms with Crippen LogP contribution in [0.2, 0.25) is 0 Å². The summed E-state index contributed by atoms with van der Waals surface area (Å²) in [6, 6.07) is 0. The van der Waals surface area contributed by atoms with Gasteiger partial charge in [-0.25, -0.2) is 0 Å². The molecule has 1 fully saturated rings. The molecule has 0 aromatic carbocycles. The van der Waals surface area contributed by atoms with Crippen LogP contribution >= 0.6 is 0 Å². The zero-order valence-corrected chi connectivity index (χ0v) is 10.8. The van der Waals surface area contributed by atoms with Gasteiger partial charge in [-0.2, -0.15) is 0 Å². The fourth-order valence-corrected chi connectivity index (χ4v) is 3.27. The maximum Gasteiger partial charge on any atom is 0.252 e. The SMILES string of the molecule is CC[C@@]1(OC(=O)[O-])C[C@H](C)CC[C@H]1C(C)C. The van der Waals surface area contributed by atoms with Gasteiger partial charge in [0.2, 0.25) is 0 Å². The highest BCUT2D eigenvalue weighted by Crippen LogP contribution is 2.45. The average molecular weight is 227 g/mol. The van der Waals surface area contributed by atoms with Crippen molar-refractivity contribution in [2.24, 2.45) is 17.8 Å². The van der Waals surface area contributed by atoms with E-state index in [2.05, 4.69) is 20.8 Å². The first-order valence-electron chi connectivity index (χ1n) is 6.31. The summed E-state index contributed by atoms with van der Waals surface area (Å²) in [5, 5.41) is 10.8. The summed E-state index contributed by atoms with van der Waals surface area (Å²) in [5.41, 5.74) is -0.509. The molecule has 94 valence electrons. The molecule has 1 aliphatic carbocycles. The summed E-state index contributed by atoms with van der Waals surface area (Å²) in [5.74, 6) is 1.31. The van der Waals surface area contributed by atoms with Gasteiger partial charge in [0.05, 0.1) is 5.60 Å². The minimum absolute atomic E-state index is 0.326. The average Bonchev–Trinajstić information content (AvgIpc) is 2.16. The van der Waals surface area contributed by atoms with E-state index in [-0.39, 0.29) is 0 Å². The van der Waals surface area contributed by atoms with Crippen molar-refractivity contribution in [2.75, 3.05) is 0 Å². The maximum absolute atomic E-state index is 10.8. The second kappa shape index (κ2) is 5.07. The van der Waals surface area contributed by atoms with Crippen LogP contribution in [-0.4, -0.2) is 11.8 Å². The van der Waals surface area contributed by atoms with E-state index >= 15 is 0 Å². The van der Waals surface area contributed by atoms with Gasteiger partial charge in [0.25, 0.3) is 6.16 Å². The Bertz CT molecular complexity index is 250. The zero-order chi connectivity index (χ0) is 12.3. The lowest BCUT2D eigenvalue weighted by atomic mass is 9.66. The first-order valence-corrected chi connectivity index (χ1v) is 6.31. The fraction of sp³-hybridized carbons (Fsp3) is 0.923. The zero-order valence-electron chi connectivity index (χ0n) is 10.8. The van der Waals surface area contributed by atoms with E-state index in [9.17, 15) is 9.90 Å². The van der Waals surface area contributed by atoms with Gasteiger partial charge < -0.3 is 14.6 Å². The molecule has 0 radical (unpaired) electrons. The topological polar surface area (TPSA) is 49.4 Å². The molecule has 3 nitrogen and oxygen atoms in total. The van der Waals surface area contributed by atoms with Crippen LogP contribution in [0.5, 0.6) is 0 Å². The van der Waals surface area contributed by atoms with Crippen molar-refractivity contribution >= 4 is 6.16 Å². The molecule has 0 bridgehead atoms. The molecule has 0 saturated heterocycles. The Balaban J connectivity index is 2.92. The normalized spacial score (nSPS) is 35.1. The van der Waals surface area contributed by atoms with E-state index in [1.165, 1.54) is 6.42 Å². The summed E-state index contributed by atoms with van der Waals surface area (Å²) < 4.78 is 5.18. The molecule has 3 atom stereocenters. The van der Waals surface area contributed by atoms with Crippen molar-refractivity contribution in [2.45, 2.75) is 59.0 Å². The predicted octanol–water partition coefficient (Wildman–Crippen LogP) is 2.59. The van der Waals surface area contributed by atoms with Gasteiger partial charge in [0, 0.05) is 0 Å². The Labute approximate surface area is 98.2 Å². The standard InChI is InChI=1S/C13H24O3/c1-5-13(16-12(14)15)8-10(4)6-7-11(13)9(2)3/h9-11H,5-8H2,1-4H3,(H,14,15)/p-1/t10-,11+,13-/m1/s1. The van der Waals surface area contributed by atoms with Crippen molar-refractivity contribution in [3.05, 3.63) is 0 Å². The summed E-state index contributed by atoms with van der Waals surface area (Å²) in [6.07, 6.45) is 2.43. The fourth-order valence-electron chi connectivity index (χ4n) is 3.27. The summed E-state index contributed by atoms with van der Waals surface area (Å²) in [6.45, 7) is 8.46. The number of ether oxygens (including phenoxy) is 1. The Hall–Kier alpha value is -0.730. The highest BCUT2D eigenvalue weighted by Gasteiger charge is 2.42. The summed E-state index contributed by atoms with van der Waals surface area (Å²) >= 11 is 0. The Morgan fingerprint density at radius 1 is 1.50 bits per heavy atom. The Kier molecular flexibility index (Phi) is 4.22. The van der Waals surface area contributed by atoms with Gasteiger partial charge in [0.1, 0.15) is 0 Å². The first kappa shape index (κ1) is 13.3. The van der Waals surface area contributed by atoms with Crippen molar-refractivity contribution in [1.29, 1.82) is 0 Å². The first-order chi connectivity index (χ1) is 7.41. The Morgan fingerprint density at radius 3 is 2.56 bits per heavy atom. The van der Waals surface area contributed by atoms with Crippen LogP contribution in [0.4, 0.5) is 4.79 Å². The van der Waals surface area contributed by atoms with E-state index in [4.69, 9.17) is 4.74 Å². The minimum atomic E-state index is -1.37. The highest BCUT2D eigenvalue weighted by atomic mass is 16.7. The van der Waals surface area contributed by atoms with Crippen LogP contribution in [0.15, 0.2) is 0 Å². The third-order valence-electron chi connectivity index (χ3n) is 4.03. The van der Waals surface area contributed by atoms with E-state index < -0.39 is 11.8 Å². The van der Waals surface area contributed by atoms with Crippen molar-refractivity contribution in [3.63, 3.8) is 0 Å². The lowest BCUT2D eigenvalue weighted by molar-refractivity contribution is -0.303. The number of carbonyl (C=O) groups excluding carboxylic acids is 1. The molecule has 0 amide bonds. The number of rotatable bonds is 3. The third kappa shape index (κ3) is 2.69. The van der Waals surface area contributed by atoms with Crippen molar-refractivity contribution in [1.82, 2.24) is 0 Å². The molecule has 0 aromatic heterocycles. The van der Waals surface area contributed by atoms with Crippen molar-refractivity contribution < 1.29 is 14.6 Å². The molecule has 0 unspecified atom stereocenters. The smallest absolute Gasteiger partial charge is 0.252 e. The predicted molar refractivity (Wildman–Crippen MR) is 60.8 cm³/mol. The minimum Gasteiger partial charge on any atom is -0.543 e. The van der Waals surface area contributed by atoms with Crippen LogP contribution in [-0.2, 0) is 4.74 Å². The second-order valence-electron chi connectivity index (χ2n) is 5.51. The molecular weight excluding hydrogens is 204 g/mol. The molecule has 0 spiro atoms. The van der Waals surface area contributed by atoms with Crippen LogP contribution in [0.25, 0.3) is 0 Å². The number of hydrogen-bond donors (Lipinski definition) is 0. The monoisotopic (exact) mass is 227 g/mol. The molecule has 1 aliphatic rings. The van der Waals surface area contributed by atoms with Crippen LogP contribution < -0.4 is 5.11 Å². The van der Waals surface area contributed by atoms with Gasteiger partial charge in [-0.1, -0.05) is 34.1 Å². The molecule has 1 saturated carbocycles. The molecule has 1 rings (SSSR count). The third-order valence-corrected chi connectivity index (χ3v) is 4.03. The molecule has 0 heterocycles. The molecule has 0 aromatic rings. The summed E-state index contributed by atoms with van der Waals surface area (Å²) in [4.78, 5) is 10.8. The van der Waals surface area contributed by atoms with Gasteiger partial charge in [-0.3, -0.25) is 0 Å². The number of carboxylic acid groups (broad SMARTS) is 1. The van der Waals surface area contributed by atoms with E-state index in [1.54, 1.807) is 0 Å². The Morgan fingerprint density at radius 2 is 2.12 bits per heavy atom. The van der Waals surface area contributed by atoms with Gasteiger partial charge in [0.15, 0.2) is 0 Å². The van der Waals surface area contributed by atoms with Crippen LogP contribution in [0.3, 0.4) is 0 Å². The maximum atomic E-state index is 10.8. The van der Waals surface area contributed by atoms with E-state index in [1.807, 2.05) is 6.92 Å². The van der Waals surface area contributed by atoms with Gasteiger partial charge >= 0.3 is 0 Å². The van der Waals surface area contributed by atoms with Gasteiger partial charge in [-0.15, -0.1) is 0 Å². The van der Waals surface area contributed by atoms with Crippen LogP contribution in [0, 0.1) is 17.8 Å². The van der Waals surface area contributed by atoms with Crippen LogP contribution in [0.1, 0.15) is 53.4 Å². The lowest BCUT2D eigenvalue weighted by Gasteiger charge is -2.50. The quantitative estimate of drug-likeness (QED) is 0.696. The molecule has 16 heavy (non-hydrogen) atoms. The number of carbonyl (C=O) groups is 1. The second-order valence-corrected chi connectivity index (χ2v) is 5.51.